The predicted octanol–water partition coefficient (Wildman–Crippen LogP) is 4.51. The molecule has 1 heterocycles. The molecule has 0 radical (unpaired) electrons. The van der Waals surface area contributed by atoms with E-state index in [2.05, 4.69) is 15.8 Å². The Kier molecular flexibility index (Phi) is 5.16. The van der Waals surface area contributed by atoms with Crippen LogP contribution >= 0.6 is 0 Å². The van der Waals surface area contributed by atoms with E-state index in [1.165, 1.54) is 30.3 Å². The van der Waals surface area contributed by atoms with Crippen molar-refractivity contribution in [2.45, 2.75) is 13.1 Å². The Morgan fingerprint density at radius 2 is 1.71 bits per heavy atom. The molecule has 0 fully saturated rings. The molecular weight excluding hydrogens is 375 g/mol. The summed E-state index contributed by atoms with van der Waals surface area (Å²) < 4.78 is 43.3. The summed E-state index contributed by atoms with van der Waals surface area (Å²) in [7, 11) is 0. The van der Waals surface area contributed by atoms with Gasteiger partial charge in [-0.25, -0.2) is 0 Å². The summed E-state index contributed by atoms with van der Waals surface area (Å²) in [6.45, 7) is 1.63. The van der Waals surface area contributed by atoms with Gasteiger partial charge in [0.1, 0.15) is 5.76 Å². The third-order valence-corrected chi connectivity index (χ3v) is 3.73. The molecule has 0 saturated heterocycles. The van der Waals surface area contributed by atoms with Crippen molar-refractivity contribution in [3.63, 3.8) is 0 Å². The normalized spacial score (nSPS) is 11.1. The molecule has 2 amide bonds. The van der Waals surface area contributed by atoms with E-state index < -0.39 is 23.6 Å². The van der Waals surface area contributed by atoms with Crippen LogP contribution in [0.4, 0.5) is 24.5 Å². The first-order valence-electron chi connectivity index (χ1n) is 8.06. The van der Waals surface area contributed by atoms with Gasteiger partial charge in [-0.3, -0.25) is 9.59 Å². The van der Waals surface area contributed by atoms with Crippen molar-refractivity contribution in [3.05, 3.63) is 77.2 Å². The molecular formula is C19H14F3N3O3. The Morgan fingerprint density at radius 1 is 0.964 bits per heavy atom. The average Bonchev–Trinajstić information content (AvgIpc) is 3.08. The van der Waals surface area contributed by atoms with E-state index in [1.807, 2.05) is 0 Å². The fraction of sp³-hybridized carbons (Fsp3) is 0.105. The minimum atomic E-state index is -4.53. The molecule has 0 unspecified atom stereocenters. The quantitative estimate of drug-likeness (QED) is 0.688. The topological polar surface area (TPSA) is 84.2 Å². The number of halogens is 3. The lowest BCUT2D eigenvalue weighted by Crippen LogP contribution is -2.18. The number of rotatable bonds is 4. The number of hydrogen-bond acceptors (Lipinski definition) is 4. The fourth-order valence-corrected chi connectivity index (χ4v) is 2.42. The summed E-state index contributed by atoms with van der Waals surface area (Å²) in [5.41, 5.74) is -0.613. The van der Waals surface area contributed by atoms with Crippen LogP contribution in [0.3, 0.4) is 0 Å². The van der Waals surface area contributed by atoms with E-state index in [0.717, 1.165) is 12.1 Å². The monoisotopic (exact) mass is 389 g/mol. The lowest BCUT2D eigenvalue weighted by Gasteiger charge is -2.12. The van der Waals surface area contributed by atoms with Crippen LogP contribution < -0.4 is 10.6 Å². The van der Waals surface area contributed by atoms with Crippen LogP contribution in [0.25, 0.3) is 0 Å². The van der Waals surface area contributed by atoms with Gasteiger partial charge < -0.3 is 15.2 Å². The van der Waals surface area contributed by atoms with E-state index in [0.29, 0.717) is 5.76 Å². The van der Waals surface area contributed by atoms with E-state index in [-0.39, 0.29) is 22.6 Å². The van der Waals surface area contributed by atoms with Crippen molar-refractivity contribution in [2.24, 2.45) is 0 Å². The van der Waals surface area contributed by atoms with Gasteiger partial charge >= 0.3 is 6.18 Å². The Morgan fingerprint density at radius 3 is 2.39 bits per heavy atom. The Labute approximate surface area is 157 Å². The molecule has 9 heteroatoms. The van der Waals surface area contributed by atoms with E-state index in [4.69, 9.17) is 4.52 Å². The molecule has 6 nitrogen and oxygen atoms in total. The van der Waals surface area contributed by atoms with Gasteiger partial charge in [0.05, 0.1) is 16.8 Å². The van der Waals surface area contributed by atoms with Crippen LogP contribution in [-0.2, 0) is 6.18 Å². The molecule has 3 aromatic rings. The maximum atomic E-state index is 12.8. The highest BCUT2D eigenvalue weighted by Crippen LogP contribution is 2.31. The minimum absolute atomic E-state index is 0.0203. The molecule has 0 aliphatic heterocycles. The summed E-state index contributed by atoms with van der Waals surface area (Å²) in [5, 5.41) is 8.54. The standard InChI is InChI=1S/C19H14F3N3O3/c1-11-9-16(25-28-11)18(27)24-15-8-3-2-7-14(15)17(26)23-13-6-4-5-12(10-13)19(20,21)22/h2-10H,1H3,(H,23,26)(H,24,27). The van der Waals surface area contributed by atoms with Gasteiger partial charge in [0.2, 0.25) is 0 Å². The van der Waals surface area contributed by atoms with Gasteiger partial charge in [-0.2, -0.15) is 13.2 Å². The van der Waals surface area contributed by atoms with Gasteiger partial charge in [0.15, 0.2) is 5.69 Å². The molecule has 0 bridgehead atoms. The molecule has 2 aromatic carbocycles. The Hall–Kier alpha value is -3.62. The summed E-state index contributed by atoms with van der Waals surface area (Å²) >= 11 is 0. The highest BCUT2D eigenvalue weighted by molar-refractivity contribution is 6.12. The van der Waals surface area contributed by atoms with Crippen molar-refractivity contribution in [2.75, 3.05) is 10.6 Å². The molecule has 144 valence electrons. The molecule has 0 saturated carbocycles. The predicted molar refractivity (Wildman–Crippen MR) is 95.0 cm³/mol. The second kappa shape index (κ2) is 7.55. The van der Waals surface area contributed by atoms with Crippen LogP contribution in [-0.4, -0.2) is 17.0 Å². The van der Waals surface area contributed by atoms with E-state index in [9.17, 15) is 22.8 Å². The summed E-state index contributed by atoms with van der Waals surface area (Å²) in [6, 6.07) is 11.8. The second-order valence-electron chi connectivity index (χ2n) is 5.86. The number of nitrogens with zero attached hydrogens (tertiary/aromatic N) is 1. The maximum absolute atomic E-state index is 12.8. The molecule has 0 aliphatic carbocycles. The summed E-state index contributed by atoms with van der Waals surface area (Å²) in [6.07, 6.45) is -4.53. The first-order chi connectivity index (χ1) is 13.2. The molecule has 28 heavy (non-hydrogen) atoms. The Balaban J connectivity index is 1.80. The molecule has 0 aliphatic rings. The number of para-hydroxylation sites is 1. The van der Waals surface area contributed by atoms with Crippen LogP contribution in [0.15, 0.2) is 59.1 Å². The number of carbonyl (C=O) groups excluding carboxylic acids is 2. The van der Waals surface area contributed by atoms with Crippen LogP contribution in [0.1, 0.15) is 32.2 Å². The molecule has 0 spiro atoms. The van der Waals surface area contributed by atoms with E-state index in [1.54, 1.807) is 19.1 Å². The summed E-state index contributed by atoms with van der Waals surface area (Å²) in [4.78, 5) is 24.8. The number of anilines is 2. The average molecular weight is 389 g/mol. The van der Waals surface area contributed by atoms with Gasteiger partial charge in [-0.05, 0) is 37.3 Å². The van der Waals surface area contributed by atoms with Gasteiger partial charge in [0.25, 0.3) is 11.8 Å². The maximum Gasteiger partial charge on any atom is 0.416 e. The lowest BCUT2D eigenvalue weighted by atomic mass is 10.1. The van der Waals surface area contributed by atoms with E-state index >= 15 is 0 Å². The fourth-order valence-electron chi connectivity index (χ4n) is 2.42. The zero-order chi connectivity index (χ0) is 20.3. The first kappa shape index (κ1) is 19.2. The van der Waals surface area contributed by atoms with Crippen LogP contribution in [0.5, 0.6) is 0 Å². The highest BCUT2D eigenvalue weighted by Gasteiger charge is 2.30. The molecule has 1 aromatic heterocycles. The third-order valence-electron chi connectivity index (χ3n) is 3.73. The van der Waals surface area contributed by atoms with Gasteiger partial charge in [-0.15, -0.1) is 0 Å². The SMILES string of the molecule is Cc1cc(C(=O)Nc2ccccc2C(=O)Nc2cccc(C(F)(F)F)c2)no1. The number of nitrogens with one attached hydrogen (secondary N) is 2. The molecule has 2 N–H and O–H groups in total. The van der Waals surface area contributed by atoms with Gasteiger partial charge in [0, 0.05) is 11.8 Å². The highest BCUT2D eigenvalue weighted by atomic mass is 19.4. The number of hydrogen-bond donors (Lipinski definition) is 2. The molecule has 0 atom stereocenters. The van der Waals surface area contributed by atoms with Crippen LogP contribution in [0, 0.1) is 6.92 Å². The zero-order valence-corrected chi connectivity index (χ0v) is 14.5. The van der Waals surface area contributed by atoms with Crippen molar-refractivity contribution in [1.82, 2.24) is 5.16 Å². The smallest absolute Gasteiger partial charge is 0.361 e. The minimum Gasteiger partial charge on any atom is -0.361 e. The number of alkyl halides is 3. The van der Waals surface area contributed by atoms with Gasteiger partial charge in [-0.1, -0.05) is 23.4 Å². The Bertz CT molecular complexity index is 1030. The third kappa shape index (κ3) is 4.37. The number of benzene rings is 2. The number of aryl methyl sites for hydroxylation is 1. The number of carbonyl (C=O) groups is 2. The van der Waals surface area contributed by atoms with Crippen molar-refractivity contribution >= 4 is 23.2 Å². The first-order valence-corrected chi connectivity index (χ1v) is 8.06. The van der Waals surface area contributed by atoms with Crippen molar-refractivity contribution in [1.29, 1.82) is 0 Å². The largest absolute Gasteiger partial charge is 0.416 e. The van der Waals surface area contributed by atoms with Crippen LogP contribution in [0.2, 0.25) is 0 Å². The van der Waals surface area contributed by atoms with Crippen molar-refractivity contribution in [3.8, 4) is 0 Å². The number of aromatic nitrogens is 1. The zero-order valence-electron chi connectivity index (χ0n) is 14.5. The number of amides is 2. The van der Waals surface area contributed by atoms with Crippen molar-refractivity contribution < 1.29 is 27.3 Å². The lowest BCUT2D eigenvalue weighted by molar-refractivity contribution is -0.137. The second-order valence-corrected chi connectivity index (χ2v) is 5.86. The molecule has 3 rings (SSSR count). The summed E-state index contributed by atoms with van der Waals surface area (Å²) in [5.74, 6) is -0.816.